The van der Waals surface area contributed by atoms with Crippen molar-refractivity contribution < 1.29 is 14.3 Å². The van der Waals surface area contributed by atoms with Crippen LogP contribution in [0.15, 0.2) is 66.3 Å². The molecule has 0 radical (unpaired) electrons. The number of amides is 2. The molecule has 0 spiro atoms. The maximum Gasteiger partial charge on any atom is 0.329 e. The number of carbonyl (C=O) groups is 2. The van der Waals surface area contributed by atoms with Gasteiger partial charge in [-0.3, -0.25) is 9.59 Å². The van der Waals surface area contributed by atoms with Crippen molar-refractivity contribution >= 4 is 23.7 Å². The highest BCUT2D eigenvalue weighted by molar-refractivity contribution is 6.39. The summed E-state index contributed by atoms with van der Waals surface area (Å²) < 4.78 is 5.34. The molecule has 0 saturated carbocycles. The number of hydrogen-bond donors (Lipinski definition) is 2. The minimum atomic E-state index is -0.849. The highest BCUT2D eigenvalue weighted by atomic mass is 16.5. The molecule has 134 valence electrons. The Bertz CT molecular complexity index is 781. The smallest absolute Gasteiger partial charge is 0.329 e. The Morgan fingerprint density at radius 1 is 1.08 bits per heavy atom. The summed E-state index contributed by atoms with van der Waals surface area (Å²) in [5.41, 5.74) is 4.73. The molecule has 0 heterocycles. The number of nitrogens with zero attached hydrogens (tertiary/aromatic N) is 1. The number of nitrogens with one attached hydrogen (secondary N) is 2. The van der Waals surface area contributed by atoms with E-state index in [9.17, 15) is 9.59 Å². The third-order valence-corrected chi connectivity index (χ3v) is 3.45. The van der Waals surface area contributed by atoms with Gasteiger partial charge in [0.05, 0.1) is 6.21 Å². The van der Waals surface area contributed by atoms with Crippen LogP contribution in [0, 0.1) is 0 Å². The van der Waals surface area contributed by atoms with Crippen LogP contribution in [-0.4, -0.2) is 24.6 Å². The molecule has 0 aliphatic carbocycles. The van der Waals surface area contributed by atoms with Crippen molar-refractivity contribution in [2.75, 3.05) is 11.9 Å². The van der Waals surface area contributed by atoms with E-state index in [2.05, 4.69) is 29.3 Å². The largest absolute Gasteiger partial charge is 0.490 e. The monoisotopic (exact) mass is 351 g/mol. The summed E-state index contributed by atoms with van der Waals surface area (Å²) in [7, 11) is 0. The second-order valence-electron chi connectivity index (χ2n) is 5.37. The van der Waals surface area contributed by atoms with Crippen molar-refractivity contribution in [1.82, 2.24) is 5.43 Å². The van der Waals surface area contributed by atoms with Crippen molar-refractivity contribution in [2.24, 2.45) is 5.10 Å². The second-order valence-corrected chi connectivity index (χ2v) is 5.37. The summed E-state index contributed by atoms with van der Waals surface area (Å²) >= 11 is 0. The Hall–Kier alpha value is -3.41. The summed E-state index contributed by atoms with van der Waals surface area (Å²) in [5.74, 6) is -1.01. The SMILES string of the molecule is C=CCOc1ccc(NC(=O)C(=O)N/N=C\c2ccc(CC)cc2)cc1. The molecule has 6 heteroatoms. The summed E-state index contributed by atoms with van der Waals surface area (Å²) in [6, 6.07) is 14.4. The van der Waals surface area contributed by atoms with Crippen LogP contribution in [0.25, 0.3) is 0 Å². The number of rotatable bonds is 7. The van der Waals surface area contributed by atoms with Crippen molar-refractivity contribution in [2.45, 2.75) is 13.3 Å². The van der Waals surface area contributed by atoms with Crippen molar-refractivity contribution in [1.29, 1.82) is 0 Å². The maximum atomic E-state index is 11.9. The number of anilines is 1. The molecule has 2 N–H and O–H groups in total. The molecule has 0 saturated heterocycles. The molecular weight excluding hydrogens is 330 g/mol. The molecule has 0 fully saturated rings. The first-order valence-electron chi connectivity index (χ1n) is 8.19. The van der Waals surface area contributed by atoms with Gasteiger partial charge in [-0.1, -0.05) is 43.8 Å². The zero-order valence-corrected chi connectivity index (χ0v) is 14.6. The Balaban J connectivity index is 1.83. The molecule has 0 unspecified atom stereocenters. The lowest BCUT2D eigenvalue weighted by Crippen LogP contribution is -2.32. The van der Waals surface area contributed by atoms with Gasteiger partial charge in [-0.2, -0.15) is 5.10 Å². The van der Waals surface area contributed by atoms with Gasteiger partial charge in [0.15, 0.2) is 0 Å². The molecule has 2 aromatic rings. The minimum absolute atomic E-state index is 0.396. The Labute approximate surface area is 152 Å². The Morgan fingerprint density at radius 2 is 1.77 bits per heavy atom. The van der Waals surface area contributed by atoms with E-state index < -0.39 is 11.8 Å². The molecule has 2 rings (SSSR count). The predicted octanol–water partition coefficient (Wildman–Crippen LogP) is 2.90. The van der Waals surface area contributed by atoms with E-state index in [4.69, 9.17) is 4.74 Å². The predicted molar refractivity (Wildman–Crippen MR) is 102 cm³/mol. The third kappa shape index (κ3) is 5.90. The van der Waals surface area contributed by atoms with Crippen LogP contribution in [0.3, 0.4) is 0 Å². The number of benzene rings is 2. The van der Waals surface area contributed by atoms with Gasteiger partial charge in [0.1, 0.15) is 12.4 Å². The van der Waals surface area contributed by atoms with Gasteiger partial charge in [-0.25, -0.2) is 5.43 Å². The number of hydrogen-bond acceptors (Lipinski definition) is 4. The molecule has 0 aliphatic rings. The molecule has 2 aromatic carbocycles. The fourth-order valence-electron chi connectivity index (χ4n) is 2.03. The van der Waals surface area contributed by atoms with Crippen molar-refractivity contribution in [3.63, 3.8) is 0 Å². The van der Waals surface area contributed by atoms with E-state index in [1.165, 1.54) is 11.8 Å². The number of ether oxygens (including phenoxy) is 1. The minimum Gasteiger partial charge on any atom is -0.490 e. The summed E-state index contributed by atoms with van der Waals surface area (Å²) in [5, 5.41) is 6.28. The van der Waals surface area contributed by atoms with Crippen LogP contribution >= 0.6 is 0 Å². The fourth-order valence-corrected chi connectivity index (χ4v) is 2.03. The van der Waals surface area contributed by atoms with E-state index >= 15 is 0 Å². The Morgan fingerprint density at radius 3 is 2.38 bits per heavy atom. The van der Waals surface area contributed by atoms with Gasteiger partial charge in [-0.15, -0.1) is 0 Å². The lowest BCUT2D eigenvalue weighted by atomic mass is 10.1. The van der Waals surface area contributed by atoms with Gasteiger partial charge in [0.2, 0.25) is 0 Å². The molecule has 0 bridgehead atoms. The van der Waals surface area contributed by atoms with E-state index in [0.717, 1.165) is 12.0 Å². The van der Waals surface area contributed by atoms with Crippen LogP contribution in [0.4, 0.5) is 5.69 Å². The summed E-state index contributed by atoms with van der Waals surface area (Å²) in [6.45, 7) is 6.03. The zero-order chi connectivity index (χ0) is 18.8. The van der Waals surface area contributed by atoms with Crippen LogP contribution in [-0.2, 0) is 16.0 Å². The van der Waals surface area contributed by atoms with Gasteiger partial charge >= 0.3 is 11.8 Å². The van der Waals surface area contributed by atoms with E-state index in [0.29, 0.717) is 18.0 Å². The maximum absolute atomic E-state index is 11.9. The van der Waals surface area contributed by atoms with Crippen LogP contribution in [0.1, 0.15) is 18.1 Å². The first kappa shape index (κ1) is 18.9. The van der Waals surface area contributed by atoms with Crippen molar-refractivity contribution in [3.05, 3.63) is 72.3 Å². The Kier molecular flexibility index (Phi) is 7.12. The molecule has 0 atom stereocenters. The van der Waals surface area contributed by atoms with Gasteiger partial charge < -0.3 is 10.1 Å². The fraction of sp³-hybridized carbons (Fsp3) is 0.150. The first-order valence-corrected chi connectivity index (χ1v) is 8.19. The molecule has 0 aromatic heterocycles. The number of hydrazone groups is 1. The van der Waals surface area contributed by atoms with E-state index in [1.807, 2.05) is 24.3 Å². The lowest BCUT2D eigenvalue weighted by molar-refractivity contribution is -0.136. The first-order chi connectivity index (χ1) is 12.6. The van der Waals surface area contributed by atoms with E-state index in [-0.39, 0.29) is 0 Å². The quantitative estimate of drug-likeness (QED) is 0.348. The third-order valence-electron chi connectivity index (χ3n) is 3.45. The van der Waals surface area contributed by atoms with Gasteiger partial charge in [-0.05, 0) is 41.8 Å². The van der Waals surface area contributed by atoms with Crippen LogP contribution < -0.4 is 15.5 Å². The zero-order valence-electron chi connectivity index (χ0n) is 14.6. The topological polar surface area (TPSA) is 79.8 Å². The van der Waals surface area contributed by atoms with Gasteiger partial charge in [0.25, 0.3) is 0 Å². The number of carbonyl (C=O) groups excluding carboxylic acids is 2. The standard InChI is InChI=1S/C20H21N3O3/c1-3-13-26-18-11-9-17(10-12-18)22-19(24)20(25)23-21-14-16-7-5-15(4-2)6-8-16/h3,5-12,14H,1,4,13H2,2H3,(H,22,24)(H,23,25)/b21-14-. The lowest BCUT2D eigenvalue weighted by Gasteiger charge is -2.06. The summed E-state index contributed by atoms with van der Waals surface area (Å²) in [4.78, 5) is 23.6. The molecule has 0 aliphatic heterocycles. The average molecular weight is 351 g/mol. The summed E-state index contributed by atoms with van der Waals surface area (Å²) in [6.07, 6.45) is 4.07. The van der Waals surface area contributed by atoms with Crippen LogP contribution in [0.5, 0.6) is 5.75 Å². The van der Waals surface area contributed by atoms with Gasteiger partial charge in [0, 0.05) is 5.69 Å². The number of aryl methyl sites for hydroxylation is 1. The molecule has 2 amide bonds. The second kappa shape index (κ2) is 9.78. The molecule has 26 heavy (non-hydrogen) atoms. The van der Waals surface area contributed by atoms with Crippen LogP contribution in [0.2, 0.25) is 0 Å². The highest BCUT2D eigenvalue weighted by Crippen LogP contribution is 2.15. The molecular formula is C20H21N3O3. The average Bonchev–Trinajstić information content (AvgIpc) is 2.67. The van der Waals surface area contributed by atoms with E-state index in [1.54, 1.807) is 30.3 Å². The van der Waals surface area contributed by atoms with Crippen molar-refractivity contribution in [3.8, 4) is 5.75 Å². The highest BCUT2D eigenvalue weighted by Gasteiger charge is 2.12. The normalized spacial score (nSPS) is 10.3. The molecule has 6 nitrogen and oxygen atoms in total.